The van der Waals surface area contributed by atoms with Gasteiger partial charge in [-0.05, 0) is 56.2 Å². The van der Waals surface area contributed by atoms with Gasteiger partial charge in [0.15, 0.2) is 5.96 Å². The van der Waals surface area contributed by atoms with Crippen molar-refractivity contribution in [2.75, 3.05) is 45.2 Å². The van der Waals surface area contributed by atoms with Crippen LogP contribution in [0.15, 0.2) is 29.3 Å². The molecule has 0 spiro atoms. The van der Waals surface area contributed by atoms with Crippen LogP contribution in [0.1, 0.15) is 38.7 Å². The van der Waals surface area contributed by atoms with E-state index in [4.69, 9.17) is 9.73 Å². The van der Waals surface area contributed by atoms with Gasteiger partial charge in [0.1, 0.15) is 0 Å². The van der Waals surface area contributed by atoms with E-state index in [1.54, 1.807) is 0 Å². The largest absolute Gasteiger partial charge is 0.381 e. The second kappa shape index (κ2) is 11.6. The Hall–Kier alpha value is -2.08. The van der Waals surface area contributed by atoms with Gasteiger partial charge in [-0.2, -0.15) is 0 Å². The lowest BCUT2D eigenvalue weighted by molar-refractivity contribution is -0.114. The average molecular weight is 375 g/mol. The third kappa shape index (κ3) is 7.99. The summed E-state index contributed by atoms with van der Waals surface area (Å²) in [5, 5.41) is 6.18. The molecule has 0 aromatic heterocycles. The van der Waals surface area contributed by atoms with E-state index in [-0.39, 0.29) is 5.91 Å². The Morgan fingerprint density at radius 1 is 1.26 bits per heavy atom. The number of carbonyl (C=O) groups excluding carboxylic acids is 1. The minimum Gasteiger partial charge on any atom is -0.381 e. The Kier molecular flexibility index (Phi) is 9.11. The number of guanidine groups is 1. The molecule has 0 aliphatic carbocycles. The first-order chi connectivity index (χ1) is 13.1. The zero-order valence-electron chi connectivity index (χ0n) is 17.0. The minimum absolute atomic E-state index is 0.0496. The van der Waals surface area contributed by atoms with Gasteiger partial charge in [-0.1, -0.05) is 12.1 Å². The molecule has 6 nitrogen and oxygen atoms in total. The summed E-state index contributed by atoms with van der Waals surface area (Å²) in [6.45, 7) is 8.05. The Bertz CT molecular complexity index is 595. The van der Waals surface area contributed by atoms with Gasteiger partial charge in [0.25, 0.3) is 0 Å². The first kappa shape index (κ1) is 21.2. The van der Waals surface area contributed by atoms with Crippen LogP contribution in [0.2, 0.25) is 0 Å². The zero-order chi connectivity index (χ0) is 19.5. The van der Waals surface area contributed by atoms with Crippen molar-refractivity contribution in [3.63, 3.8) is 0 Å². The molecule has 1 aliphatic heterocycles. The molecule has 1 aromatic rings. The molecule has 0 atom stereocenters. The van der Waals surface area contributed by atoms with Crippen molar-refractivity contribution in [3.05, 3.63) is 29.8 Å². The fraction of sp³-hybridized carbons (Fsp3) is 0.619. The highest BCUT2D eigenvalue weighted by molar-refractivity contribution is 5.88. The molecule has 1 amide bonds. The maximum Gasteiger partial charge on any atom is 0.221 e. The summed E-state index contributed by atoms with van der Waals surface area (Å²) in [5.74, 6) is 1.69. The van der Waals surface area contributed by atoms with Crippen LogP contribution in [0.5, 0.6) is 0 Å². The molecule has 0 bridgehead atoms. The standard InChI is InChI=1S/C21H34N4O2/c1-4-22-21(25(3)14-10-19-11-15-27-16-12-19)23-13-9-18-5-7-20(8-6-18)24-17(2)26/h5-8,19H,4,9-16H2,1-3H3,(H,22,23)(H,24,26). The average Bonchev–Trinajstić information content (AvgIpc) is 2.67. The monoisotopic (exact) mass is 374 g/mol. The predicted octanol–water partition coefficient (Wildman–Crippen LogP) is 2.90. The molecule has 2 N–H and O–H groups in total. The van der Waals surface area contributed by atoms with E-state index >= 15 is 0 Å². The third-order valence-electron chi connectivity index (χ3n) is 4.85. The Morgan fingerprint density at radius 2 is 1.96 bits per heavy atom. The molecule has 1 fully saturated rings. The number of carbonyl (C=O) groups is 1. The molecule has 6 heteroatoms. The quantitative estimate of drug-likeness (QED) is 0.542. The molecule has 0 radical (unpaired) electrons. The summed E-state index contributed by atoms with van der Waals surface area (Å²) in [4.78, 5) is 18.1. The molecule has 1 heterocycles. The maximum atomic E-state index is 11.1. The number of nitrogens with one attached hydrogen (secondary N) is 2. The van der Waals surface area contributed by atoms with E-state index in [2.05, 4.69) is 29.5 Å². The molecule has 27 heavy (non-hydrogen) atoms. The van der Waals surface area contributed by atoms with Crippen LogP contribution < -0.4 is 10.6 Å². The van der Waals surface area contributed by atoms with Crippen molar-refractivity contribution in [3.8, 4) is 0 Å². The molecule has 0 unspecified atom stereocenters. The van der Waals surface area contributed by atoms with Gasteiger partial charge < -0.3 is 20.3 Å². The van der Waals surface area contributed by atoms with Crippen LogP contribution in [0.3, 0.4) is 0 Å². The molecular formula is C21H34N4O2. The van der Waals surface area contributed by atoms with Gasteiger partial charge in [0.2, 0.25) is 5.91 Å². The first-order valence-electron chi connectivity index (χ1n) is 10.0. The predicted molar refractivity (Wildman–Crippen MR) is 111 cm³/mol. The van der Waals surface area contributed by atoms with Crippen molar-refractivity contribution >= 4 is 17.6 Å². The number of aliphatic imine (C=N–C) groups is 1. The van der Waals surface area contributed by atoms with Crippen LogP contribution in [0, 0.1) is 5.92 Å². The van der Waals surface area contributed by atoms with E-state index in [1.165, 1.54) is 31.7 Å². The molecule has 1 aliphatic rings. The van der Waals surface area contributed by atoms with E-state index in [0.29, 0.717) is 0 Å². The number of rotatable bonds is 8. The number of ether oxygens (including phenoxy) is 1. The lowest BCUT2D eigenvalue weighted by Crippen LogP contribution is -2.40. The summed E-state index contributed by atoms with van der Waals surface area (Å²) in [5.41, 5.74) is 2.05. The first-order valence-corrected chi connectivity index (χ1v) is 10.0. The summed E-state index contributed by atoms with van der Waals surface area (Å²) in [6, 6.07) is 7.96. The van der Waals surface area contributed by atoms with E-state index in [9.17, 15) is 4.79 Å². The van der Waals surface area contributed by atoms with Gasteiger partial charge >= 0.3 is 0 Å². The summed E-state index contributed by atoms with van der Waals surface area (Å²) in [7, 11) is 2.11. The maximum absolute atomic E-state index is 11.1. The lowest BCUT2D eigenvalue weighted by atomic mass is 9.96. The van der Waals surface area contributed by atoms with Gasteiger partial charge in [0.05, 0.1) is 0 Å². The van der Waals surface area contributed by atoms with Gasteiger partial charge in [-0.15, -0.1) is 0 Å². The number of nitrogens with zero attached hydrogens (tertiary/aromatic N) is 2. The SMILES string of the molecule is CCNC(=NCCc1ccc(NC(C)=O)cc1)N(C)CCC1CCOCC1. The summed E-state index contributed by atoms with van der Waals surface area (Å²) in [6.07, 6.45) is 4.42. The fourth-order valence-electron chi connectivity index (χ4n) is 3.24. The van der Waals surface area contributed by atoms with Gasteiger partial charge in [0, 0.05) is 52.5 Å². The molecule has 1 aromatic carbocycles. The highest BCUT2D eigenvalue weighted by Crippen LogP contribution is 2.18. The second-order valence-electron chi connectivity index (χ2n) is 7.13. The number of hydrogen-bond acceptors (Lipinski definition) is 3. The molecular weight excluding hydrogens is 340 g/mol. The van der Waals surface area contributed by atoms with Gasteiger partial charge in [-0.3, -0.25) is 9.79 Å². The van der Waals surface area contributed by atoms with Crippen molar-refractivity contribution in [2.24, 2.45) is 10.9 Å². The number of hydrogen-bond donors (Lipinski definition) is 2. The van der Waals surface area contributed by atoms with Crippen LogP contribution >= 0.6 is 0 Å². The van der Waals surface area contributed by atoms with E-state index < -0.39 is 0 Å². The van der Waals surface area contributed by atoms with Crippen molar-refractivity contribution < 1.29 is 9.53 Å². The van der Waals surface area contributed by atoms with Crippen LogP contribution in [-0.2, 0) is 16.0 Å². The molecule has 150 valence electrons. The fourth-order valence-corrected chi connectivity index (χ4v) is 3.24. The second-order valence-corrected chi connectivity index (χ2v) is 7.13. The topological polar surface area (TPSA) is 66.0 Å². The lowest BCUT2D eigenvalue weighted by Gasteiger charge is -2.26. The zero-order valence-corrected chi connectivity index (χ0v) is 17.0. The number of amides is 1. The van der Waals surface area contributed by atoms with E-state index in [0.717, 1.165) is 56.8 Å². The van der Waals surface area contributed by atoms with Crippen molar-refractivity contribution in [1.29, 1.82) is 0 Å². The van der Waals surface area contributed by atoms with E-state index in [1.807, 2.05) is 24.3 Å². The normalized spacial score (nSPS) is 15.4. The molecule has 1 saturated heterocycles. The highest BCUT2D eigenvalue weighted by atomic mass is 16.5. The number of benzene rings is 1. The Labute approximate surface area is 163 Å². The Morgan fingerprint density at radius 3 is 2.59 bits per heavy atom. The smallest absolute Gasteiger partial charge is 0.221 e. The summed E-state index contributed by atoms with van der Waals surface area (Å²) >= 11 is 0. The Balaban J connectivity index is 1.81. The minimum atomic E-state index is -0.0496. The van der Waals surface area contributed by atoms with Crippen molar-refractivity contribution in [1.82, 2.24) is 10.2 Å². The van der Waals surface area contributed by atoms with Crippen LogP contribution in [-0.4, -0.2) is 56.7 Å². The highest BCUT2D eigenvalue weighted by Gasteiger charge is 2.15. The van der Waals surface area contributed by atoms with Crippen molar-refractivity contribution in [2.45, 2.75) is 39.5 Å². The summed E-state index contributed by atoms with van der Waals surface area (Å²) < 4.78 is 5.44. The third-order valence-corrected chi connectivity index (χ3v) is 4.85. The molecule has 2 rings (SSSR count). The van der Waals surface area contributed by atoms with Crippen LogP contribution in [0.4, 0.5) is 5.69 Å². The molecule has 0 saturated carbocycles. The van der Waals surface area contributed by atoms with Crippen LogP contribution in [0.25, 0.3) is 0 Å². The number of anilines is 1. The van der Waals surface area contributed by atoms with Gasteiger partial charge in [-0.25, -0.2) is 0 Å².